The molecule has 0 aliphatic heterocycles. The second-order valence-electron chi connectivity index (χ2n) is 5.61. The fourth-order valence-corrected chi connectivity index (χ4v) is 3.34. The predicted octanol–water partition coefficient (Wildman–Crippen LogP) is 4.56. The van der Waals surface area contributed by atoms with E-state index in [2.05, 4.69) is 19.6 Å². The van der Waals surface area contributed by atoms with Gasteiger partial charge in [-0.3, -0.25) is 0 Å². The maximum absolute atomic E-state index is 3.85. The van der Waals surface area contributed by atoms with E-state index in [0.29, 0.717) is 0 Å². The number of hydrogen-bond donors (Lipinski definition) is 0. The summed E-state index contributed by atoms with van der Waals surface area (Å²) >= 11 is 0. The first-order valence-electron chi connectivity index (χ1n) is 6.39. The van der Waals surface area contributed by atoms with Crippen LogP contribution in [-0.2, 0) is 0 Å². The Morgan fingerprint density at radius 1 is 1.50 bits per heavy atom. The zero-order chi connectivity index (χ0) is 10.0. The van der Waals surface area contributed by atoms with E-state index in [9.17, 15) is 0 Å². The van der Waals surface area contributed by atoms with Crippen molar-refractivity contribution in [3.63, 3.8) is 0 Å². The van der Waals surface area contributed by atoms with Crippen LogP contribution in [0.2, 0.25) is 0 Å². The summed E-state index contributed by atoms with van der Waals surface area (Å²) in [7, 11) is 0. The van der Waals surface area contributed by atoms with Gasteiger partial charge in [0.25, 0.3) is 0 Å². The lowest BCUT2D eigenvalue weighted by atomic mass is 9.84. The number of hydrogen-bond acceptors (Lipinski definition) is 0. The highest BCUT2D eigenvalue weighted by molar-refractivity contribution is 5.03. The Morgan fingerprint density at radius 3 is 3.07 bits per heavy atom. The quantitative estimate of drug-likeness (QED) is 0.560. The van der Waals surface area contributed by atoms with Crippen LogP contribution < -0.4 is 0 Å². The molecule has 2 aliphatic carbocycles. The van der Waals surface area contributed by atoms with Gasteiger partial charge in [-0.15, -0.1) is 6.58 Å². The molecule has 0 aromatic carbocycles. The molecule has 80 valence electrons. The monoisotopic (exact) mass is 192 g/mol. The fourth-order valence-electron chi connectivity index (χ4n) is 3.34. The van der Waals surface area contributed by atoms with Gasteiger partial charge in [-0.2, -0.15) is 0 Å². The van der Waals surface area contributed by atoms with Crippen LogP contribution in [0.25, 0.3) is 0 Å². The molecule has 14 heavy (non-hydrogen) atoms. The van der Waals surface area contributed by atoms with Crippen LogP contribution in [0.1, 0.15) is 58.3 Å². The molecule has 0 N–H and O–H groups in total. The smallest absolute Gasteiger partial charge is 0.0265 e. The minimum absolute atomic E-state index is 0.729. The van der Waals surface area contributed by atoms with Crippen LogP contribution in [0, 0.1) is 17.3 Å². The summed E-state index contributed by atoms with van der Waals surface area (Å²) in [6, 6.07) is 0. The third kappa shape index (κ3) is 2.04. The molecule has 0 bridgehead atoms. The van der Waals surface area contributed by atoms with Crippen molar-refractivity contribution in [2.24, 2.45) is 17.3 Å². The molecule has 0 aromatic rings. The normalized spacial score (nSPS) is 37.4. The molecule has 3 atom stereocenters. The second-order valence-corrected chi connectivity index (χ2v) is 5.61. The van der Waals surface area contributed by atoms with Crippen molar-refractivity contribution in [1.82, 2.24) is 0 Å². The topological polar surface area (TPSA) is 0 Å². The van der Waals surface area contributed by atoms with Gasteiger partial charge < -0.3 is 0 Å². The van der Waals surface area contributed by atoms with E-state index in [1.807, 2.05) is 0 Å². The van der Waals surface area contributed by atoms with Crippen molar-refractivity contribution < 1.29 is 0 Å². The number of allylic oxidation sites excluding steroid dienone is 1. The molecule has 3 unspecified atom stereocenters. The van der Waals surface area contributed by atoms with Crippen LogP contribution in [0.4, 0.5) is 0 Å². The molecule has 0 saturated heterocycles. The lowest BCUT2D eigenvalue weighted by Crippen LogP contribution is -2.09. The number of fused-ring (bicyclic) bond motifs is 1. The van der Waals surface area contributed by atoms with Crippen molar-refractivity contribution in [3.8, 4) is 0 Å². The third-order valence-corrected chi connectivity index (χ3v) is 4.57. The summed E-state index contributed by atoms with van der Waals surface area (Å²) in [4.78, 5) is 0. The van der Waals surface area contributed by atoms with E-state index < -0.39 is 0 Å². The first-order valence-corrected chi connectivity index (χ1v) is 6.39. The van der Waals surface area contributed by atoms with Gasteiger partial charge in [-0.05, 0) is 49.4 Å². The summed E-state index contributed by atoms with van der Waals surface area (Å²) in [5.74, 6) is 1.86. The predicted molar refractivity (Wildman–Crippen MR) is 62.2 cm³/mol. The number of rotatable bonds is 5. The van der Waals surface area contributed by atoms with Gasteiger partial charge in [0.2, 0.25) is 0 Å². The molecular formula is C14H24. The Bertz CT molecular complexity index is 206. The van der Waals surface area contributed by atoms with Crippen molar-refractivity contribution >= 4 is 0 Å². The van der Waals surface area contributed by atoms with Gasteiger partial charge >= 0.3 is 0 Å². The Balaban J connectivity index is 1.68. The summed E-state index contributed by atoms with van der Waals surface area (Å²) < 4.78 is 0. The minimum atomic E-state index is 0.729. The molecule has 0 heteroatoms. The van der Waals surface area contributed by atoms with Crippen LogP contribution in [0.15, 0.2) is 12.7 Å². The second kappa shape index (κ2) is 4.08. The highest BCUT2D eigenvalue weighted by Gasteiger charge is 2.53. The minimum Gasteiger partial charge on any atom is -0.103 e. The summed E-state index contributed by atoms with van der Waals surface area (Å²) in [6.45, 7) is 6.14. The van der Waals surface area contributed by atoms with Crippen LogP contribution in [0.5, 0.6) is 0 Å². The molecule has 0 aromatic heterocycles. The van der Waals surface area contributed by atoms with Crippen LogP contribution in [-0.4, -0.2) is 0 Å². The van der Waals surface area contributed by atoms with Gasteiger partial charge in [-0.1, -0.05) is 32.3 Å². The highest BCUT2D eigenvalue weighted by Crippen LogP contribution is 2.64. The van der Waals surface area contributed by atoms with Crippen molar-refractivity contribution in [2.45, 2.75) is 58.3 Å². The van der Waals surface area contributed by atoms with Gasteiger partial charge in [0, 0.05) is 0 Å². The Labute approximate surface area is 88.8 Å². The summed E-state index contributed by atoms with van der Waals surface area (Å²) in [6.07, 6.45) is 14.1. The van der Waals surface area contributed by atoms with E-state index >= 15 is 0 Å². The van der Waals surface area contributed by atoms with E-state index in [1.54, 1.807) is 12.8 Å². The Hall–Kier alpha value is -0.260. The molecule has 0 amide bonds. The van der Waals surface area contributed by atoms with Gasteiger partial charge in [-0.25, -0.2) is 0 Å². The van der Waals surface area contributed by atoms with Gasteiger partial charge in [0.05, 0.1) is 0 Å². The standard InChI is InChI=1S/C14H24/c1-3-12(2)7-6-10-14-9-5-4-8-13(14)11-14/h3,12-13H,1,4-11H2,2H3. The third-order valence-electron chi connectivity index (χ3n) is 4.57. The maximum Gasteiger partial charge on any atom is -0.0265 e. The largest absolute Gasteiger partial charge is 0.103 e. The Kier molecular flexibility index (Phi) is 2.99. The highest BCUT2D eigenvalue weighted by atomic mass is 14.6. The van der Waals surface area contributed by atoms with E-state index in [4.69, 9.17) is 0 Å². The molecule has 0 spiro atoms. The van der Waals surface area contributed by atoms with Gasteiger partial charge in [0.1, 0.15) is 0 Å². The molecule has 2 aliphatic rings. The first kappa shape index (κ1) is 10.3. The molecular weight excluding hydrogens is 168 g/mol. The maximum atomic E-state index is 3.85. The van der Waals surface area contributed by atoms with Crippen molar-refractivity contribution in [1.29, 1.82) is 0 Å². The molecule has 0 radical (unpaired) electrons. The summed E-state index contributed by atoms with van der Waals surface area (Å²) in [5.41, 5.74) is 0.846. The molecule has 2 rings (SSSR count). The first-order chi connectivity index (χ1) is 6.77. The van der Waals surface area contributed by atoms with Gasteiger partial charge in [0.15, 0.2) is 0 Å². The van der Waals surface area contributed by atoms with Crippen LogP contribution in [0.3, 0.4) is 0 Å². The molecule has 0 nitrogen and oxygen atoms in total. The molecule has 2 fully saturated rings. The zero-order valence-corrected chi connectivity index (χ0v) is 9.60. The van der Waals surface area contributed by atoms with Crippen LogP contribution >= 0.6 is 0 Å². The molecule has 2 saturated carbocycles. The van der Waals surface area contributed by atoms with Crippen molar-refractivity contribution in [3.05, 3.63) is 12.7 Å². The van der Waals surface area contributed by atoms with E-state index in [1.165, 1.54) is 38.5 Å². The lowest BCUT2D eigenvalue weighted by molar-refractivity contribution is 0.303. The van der Waals surface area contributed by atoms with E-state index in [0.717, 1.165) is 17.3 Å². The Morgan fingerprint density at radius 2 is 2.36 bits per heavy atom. The summed E-state index contributed by atoms with van der Waals surface area (Å²) in [5, 5.41) is 0. The zero-order valence-electron chi connectivity index (χ0n) is 9.60. The SMILES string of the molecule is C=CC(C)CCCC12CCCCC1C2. The van der Waals surface area contributed by atoms with Crippen molar-refractivity contribution in [2.75, 3.05) is 0 Å². The van der Waals surface area contributed by atoms with E-state index in [-0.39, 0.29) is 0 Å². The fraction of sp³-hybridized carbons (Fsp3) is 0.857. The molecule has 0 heterocycles. The average molecular weight is 192 g/mol. The average Bonchev–Trinajstić information content (AvgIpc) is 2.92. The lowest BCUT2D eigenvalue weighted by Gasteiger charge is -2.22.